The van der Waals surface area contributed by atoms with E-state index in [-0.39, 0.29) is 5.69 Å². The lowest BCUT2D eigenvalue weighted by Gasteiger charge is -2.04. The number of fused-ring (bicyclic) bond motifs is 1. The lowest BCUT2D eigenvalue weighted by molar-refractivity contribution is 0.0691. The second kappa shape index (κ2) is 5.51. The summed E-state index contributed by atoms with van der Waals surface area (Å²) in [5, 5.41) is 16.4. The molecule has 6 nitrogen and oxygen atoms in total. The number of thiophene rings is 1. The maximum absolute atomic E-state index is 10.7. The van der Waals surface area contributed by atoms with Crippen molar-refractivity contribution >= 4 is 44.7 Å². The number of anilines is 1. The number of nitrogens with one attached hydrogen (secondary N) is 1. The molecule has 3 aromatic rings. The van der Waals surface area contributed by atoms with E-state index >= 15 is 0 Å². The minimum absolute atomic E-state index is 0.104. The van der Waals surface area contributed by atoms with Gasteiger partial charge in [-0.2, -0.15) is 0 Å². The van der Waals surface area contributed by atoms with E-state index in [1.165, 1.54) is 17.7 Å². The minimum Gasteiger partial charge on any atom is -0.476 e. The number of carboxylic acid groups (broad SMARTS) is 1. The SMILES string of the molecule is O=C(O)c1csc(CCNc2ncnc3ccsc23)n1. The van der Waals surface area contributed by atoms with Crippen LogP contribution >= 0.6 is 22.7 Å². The highest BCUT2D eigenvalue weighted by molar-refractivity contribution is 7.17. The molecule has 0 fully saturated rings. The zero-order chi connectivity index (χ0) is 13.9. The molecule has 3 heterocycles. The Bertz CT molecular complexity index is 753. The third-order valence-electron chi connectivity index (χ3n) is 2.65. The molecule has 20 heavy (non-hydrogen) atoms. The molecule has 2 N–H and O–H groups in total. The van der Waals surface area contributed by atoms with E-state index in [1.807, 2.05) is 11.4 Å². The standard InChI is InChI=1S/C12H10N4O2S2/c17-12(18)8-5-20-9(16-8)1-3-13-11-10-7(2-4-19-10)14-6-15-11/h2,4-6H,1,3H2,(H,17,18)(H,13,14,15). The Balaban J connectivity index is 1.64. The summed E-state index contributed by atoms with van der Waals surface area (Å²) in [5.74, 6) is -0.184. The molecule has 0 aromatic carbocycles. The van der Waals surface area contributed by atoms with Gasteiger partial charge in [-0.25, -0.2) is 19.7 Å². The maximum atomic E-state index is 10.7. The predicted molar refractivity (Wildman–Crippen MR) is 78.7 cm³/mol. The number of carbonyl (C=O) groups is 1. The summed E-state index contributed by atoms with van der Waals surface area (Å²) in [6.07, 6.45) is 2.19. The largest absolute Gasteiger partial charge is 0.476 e. The summed E-state index contributed by atoms with van der Waals surface area (Å²) in [6, 6.07) is 1.95. The quantitative estimate of drug-likeness (QED) is 0.753. The second-order valence-electron chi connectivity index (χ2n) is 3.97. The molecule has 0 saturated carbocycles. The molecule has 0 aliphatic carbocycles. The zero-order valence-electron chi connectivity index (χ0n) is 10.2. The van der Waals surface area contributed by atoms with E-state index in [4.69, 9.17) is 5.11 Å². The average molecular weight is 306 g/mol. The second-order valence-corrected chi connectivity index (χ2v) is 5.82. The molecule has 0 amide bonds. The molecule has 0 unspecified atom stereocenters. The van der Waals surface area contributed by atoms with Crippen LogP contribution < -0.4 is 5.32 Å². The number of rotatable bonds is 5. The molecule has 0 aliphatic heterocycles. The van der Waals surface area contributed by atoms with Crippen LogP contribution in [0.25, 0.3) is 10.2 Å². The third-order valence-corrected chi connectivity index (χ3v) is 4.46. The number of carboxylic acids is 1. The number of aromatic carboxylic acids is 1. The van der Waals surface area contributed by atoms with Gasteiger partial charge in [0.05, 0.1) is 15.2 Å². The monoisotopic (exact) mass is 306 g/mol. The highest BCUT2D eigenvalue weighted by Crippen LogP contribution is 2.24. The smallest absolute Gasteiger partial charge is 0.355 e. The Kier molecular flexibility index (Phi) is 3.57. The van der Waals surface area contributed by atoms with Gasteiger partial charge in [-0.3, -0.25) is 0 Å². The van der Waals surface area contributed by atoms with Crippen LogP contribution in [-0.2, 0) is 6.42 Å². The van der Waals surface area contributed by atoms with Crippen molar-refractivity contribution in [1.82, 2.24) is 15.0 Å². The van der Waals surface area contributed by atoms with Gasteiger partial charge in [0.2, 0.25) is 0 Å². The van der Waals surface area contributed by atoms with Crippen LogP contribution in [0.5, 0.6) is 0 Å². The zero-order valence-corrected chi connectivity index (χ0v) is 11.9. The first kappa shape index (κ1) is 12.9. The number of hydrogen-bond acceptors (Lipinski definition) is 7. The molecule has 0 spiro atoms. The van der Waals surface area contributed by atoms with E-state index in [2.05, 4.69) is 20.3 Å². The third kappa shape index (κ3) is 2.61. The van der Waals surface area contributed by atoms with Crippen molar-refractivity contribution in [2.24, 2.45) is 0 Å². The van der Waals surface area contributed by atoms with Gasteiger partial charge < -0.3 is 10.4 Å². The van der Waals surface area contributed by atoms with Crippen LogP contribution in [-0.4, -0.2) is 32.6 Å². The first-order chi connectivity index (χ1) is 9.74. The number of nitrogens with zero attached hydrogens (tertiary/aromatic N) is 3. The van der Waals surface area contributed by atoms with Gasteiger partial charge in [-0.1, -0.05) is 0 Å². The van der Waals surface area contributed by atoms with E-state index in [9.17, 15) is 4.79 Å². The molecule has 0 saturated heterocycles. The summed E-state index contributed by atoms with van der Waals surface area (Å²) in [5.41, 5.74) is 1.03. The summed E-state index contributed by atoms with van der Waals surface area (Å²) < 4.78 is 1.03. The summed E-state index contributed by atoms with van der Waals surface area (Å²) in [4.78, 5) is 23.2. The first-order valence-corrected chi connectivity index (χ1v) is 7.60. The molecule has 102 valence electrons. The number of thiazole rings is 1. The van der Waals surface area contributed by atoms with Gasteiger partial charge in [0.15, 0.2) is 5.69 Å². The summed E-state index contributed by atoms with van der Waals surface area (Å²) in [7, 11) is 0. The van der Waals surface area contributed by atoms with Gasteiger partial charge in [0.25, 0.3) is 0 Å². The van der Waals surface area contributed by atoms with Crippen molar-refractivity contribution < 1.29 is 9.90 Å². The molecule has 0 bridgehead atoms. The van der Waals surface area contributed by atoms with E-state index < -0.39 is 5.97 Å². The van der Waals surface area contributed by atoms with Crippen molar-refractivity contribution in [2.45, 2.75) is 6.42 Å². The Hall–Kier alpha value is -2.06. The van der Waals surface area contributed by atoms with Gasteiger partial charge in [0.1, 0.15) is 12.1 Å². The molecule has 3 rings (SSSR count). The lowest BCUT2D eigenvalue weighted by atomic mass is 10.4. The van der Waals surface area contributed by atoms with Crippen LogP contribution in [0.15, 0.2) is 23.2 Å². The van der Waals surface area contributed by atoms with Crippen LogP contribution in [0, 0.1) is 0 Å². The molecular weight excluding hydrogens is 296 g/mol. The van der Waals surface area contributed by atoms with E-state index in [1.54, 1.807) is 16.7 Å². The topological polar surface area (TPSA) is 88.0 Å². The van der Waals surface area contributed by atoms with E-state index in [0.29, 0.717) is 13.0 Å². The Morgan fingerprint density at radius 2 is 2.25 bits per heavy atom. The van der Waals surface area contributed by atoms with Crippen molar-refractivity contribution in [3.8, 4) is 0 Å². The molecule has 3 aromatic heterocycles. The molecular formula is C12H10N4O2S2. The highest BCUT2D eigenvalue weighted by Gasteiger charge is 2.09. The predicted octanol–water partition coefficient (Wildman–Crippen LogP) is 2.50. The van der Waals surface area contributed by atoms with Crippen LogP contribution in [0.2, 0.25) is 0 Å². The maximum Gasteiger partial charge on any atom is 0.355 e. The average Bonchev–Trinajstić information content (AvgIpc) is 3.07. The Morgan fingerprint density at radius 1 is 1.35 bits per heavy atom. The van der Waals surface area contributed by atoms with Crippen molar-refractivity contribution in [1.29, 1.82) is 0 Å². The Labute approximate surface area is 122 Å². The van der Waals surface area contributed by atoms with Gasteiger partial charge >= 0.3 is 5.97 Å². The fourth-order valence-corrected chi connectivity index (χ4v) is 3.31. The molecule has 8 heteroatoms. The molecule has 0 radical (unpaired) electrons. The molecule has 0 atom stereocenters. The lowest BCUT2D eigenvalue weighted by Crippen LogP contribution is -2.07. The fourth-order valence-electron chi connectivity index (χ4n) is 1.73. The van der Waals surface area contributed by atoms with E-state index in [0.717, 1.165) is 21.0 Å². The van der Waals surface area contributed by atoms with Gasteiger partial charge in [-0.05, 0) is 11.4 Å². The van der Waals surface area contributed by atoms with Crippen molar-refractivity contribution in [3.63, 3.8) is 0 Å². The highest BCUT2D eigenvalue weighted by atomic mass is 32.1. The summed E-state index contributed by atoms with van der Waals surface area (Å²) in [6.45, 7) is 0.649. The Morgan fingerprint density at radius 3 is 3.05 bits per heavy atom. The number of hydrogen-bond donors (Lipinski definition) is 2. The normalized spacial score (nSPS) is 10.8. The van der Waals surface area contributed by atoms with Gasteiger partial charge in [0, 0.05) is 18.3 Å². The molecule has 0 aliphatic rings. The van der Waals surface area contributed by atoms with Crippen molar-refractivity contribution in [3.05, 3.63) is 33.9 Å². The van der Waals surface area contributed by atoms with Crippen LogP contribution in [0.4, 0.5) is 5.82 Å². The fraction of sp³-hybridized carbons (Fsp3) is 0.167. The van der Waals surface area contributed by atoms with Crippen LogP contribution in [0.3, 0.4) is 0 Å². The van der Waals surface area contributed by atoms with Gasteiger partial charge in [-0.15, -0.1) is 22.7 Å². The van der Waals surface area contributed by atoms with Crippen LogP contribution in [0.1, 0.15) is 15.5 Å². The summed E-state index contributed by atoms with van der Waals surface area (Å²) >= 11 is 2.95. The number of aromatic nitrogens is 3. The van der Waals surface area contributed by atoms with Crippen molar-refractivity contribution in [2.75, 3.05) is 11.9 Å². The minimum atomic E-state index is -0.989. The first-order valence-electron chi connectivity index (χ1n) is 5.84.